The third-order valence-corrected chi connectivity index (χ3v) is 5.96. The molecule has 0 saturated heterocycles. The lowest BCUT2D eigenvalue weighted by atomic mass is 9.63. The highest BCUT2D eigenvalue weighted by Gasteiger charge is 2.61. The molecule has 0 aliphatic heterocycles. The number of aromatic hydroxyl groups is 2. The number of phenolic OH excluding ortho intramolecular Hbond substituents is 2. The maximum absolute atomic E-state index is 11.8. The van der Waals surface area contributed by atoms with Crippen LogP contribution in [0.1, 0.15) is 36.8 Å². The number of carbonyl (C=O) groups is 1. The van der Waals surface area contributed by atoms with Crippen LogP contribution in [0, 0.1) is 0 Å². The Hall–Kier alpha value is -3.17. The van der Waals surface area contributed by atoms with Crippen LogP contribution in [0.5, 0.6) is 11.5 Å². The van der Waals surface area contributed by atoms with Crippen molar-refractivity contribution in [2.45, 2.75) is 48.6 Å². The zero-order chi connectivity index (χ0) is 24.3. The van der Waals surface area contributed by atoms with E-state index in [2.05, 4.69) is 0 Å². The predicted molar refractivity (Wildman–Crippen MR) is 121 cm³/mol. The van der Waals surface area contributed by atoms with Crippen molar-refractivity contribution in [2.75, 3.05) is 0 Å². The second kappa shape index (κ2) is 9.36. The van der Waals surface area contributed by atoms with Crippen LogP contribution in [0.3, 0.4) is 0 Å². The lowest BCUT2D eigenvalue weighted by Gasteiger charge is -2.51. The first-order valence-electron chi connectivity index (χ1n) is 10.5. The van der Waals surface area contributed by atoms with Crippen molar-refractivity contribution >= 4 is 18.1 Å². The zero-order valence-electron chi connectivity index (χ0n) is 17.9. The van der Waals surface area contributed by atoms with Gasteiger partial charge in [-0.1, -0.05) is 48.6 Å². The van der Waals surface area contributed by atoms with Crippen molar-refractivity contribution in [1.82, 2.24) is 0 Å². The Balaban J connectivity index is 1.82. The molecule has 7 N–H and O–H groups in total. The third-order valence-electron chi connectivity index (χ3n) is 5.96. The number of carboxylic acid groups (broad SMARTS) is 1. The van der Waals surface area contributed by atoms with Crippen LogP contribution in [0.2, 0.25) is 0 Å². The summed E-state index contributed by atoms with van der Waals surface area (Å²) >= 11 is 0. The molecule has 33 heavy (non-hydrogen) atoms. The van der Waals surface area contributed by atoms with Crippen molar-refractivity contribution in [3.05, 3.63) is 71.8 Å². The molecule has 3 rings (SSSR count). The van der Waals surface area contributed by atoms with Crippen LogP contribution in [-0.2, 0) is 4.79 Å². The minimum absolute atomic E-state index is 0.0884. The molecule has 0 bridgehead atoms. The van der Waals surface area contributed by atoms with Gasteiger partial charge in [-0.25, -0.2) is 4.79 Å². The molecule has 0 radical (unpaired) electrons. The molecule has 1 saturated carbocycles. The summed E-state index contributed by atoms with van der Waals surface area (Å²) in [7, 11) is 0. The van der Waals surface area contributed by atoms with E-state index in [0.717, 1.165) is 0 Å². The summed E-state index contributed by atoms with van der Waals surface area (Å²) < 4.78 is 0. The Labute approximate surface area is 191 Å². The fourth-order valence-electron chi connectivity index (χ4n) is 4.26. The van der Waals surface area contributed by atoms with Gasteiger partial charge in [-0.05, 0) is 48.2 Å². The number of aliphatic hydroxyl groups is 4. The van der Waals surface area contributed by atoms with E-state index in [1.807, 2.05) is 0 Å². The van der Waals surface area contributed by atoms with Crippen LogP contribution in [-0.4, -0.2) is 64.6 Å². The molecule has 0 amide bonds. The molecule has 0 heterocycles. The van der Waals surface area contributed by atoms with Crippen LogP contribution in [0.25, 0.3) is 12.2 Å². The first-order chi connectivity index (χ1) is 15.5. The molecule has 176 valence electrons. The van der Waals surface area contributed by atoms with E-state index in [-0.39, 0.29) is 24.3 Å². The summed E-state index contributed by atoms with van der Waals surface area (Å²) in [5.74, 6) is -1.42. The molecule has 8 heteroatoms. The molecule has 0 unspecified atom stereocenters. The van der Waals surface area contributed by atoms with Gasteiger partial charge in [-0.2, -0.15) is 0 Å². The van der Waals surface area contributed by atoms with Crippen molar-refractivity contribution in [1.29, 1.82) is 0 Å². The first-order valence-corrected chi connectivity index (χ1v) is 10.5. The summed E-state index contributed by atoms with van der Waals surface area (Å²) in [4.78, 5) is 11.8. The van der Waals surface area contributed by atoms with Gasteiger partial charge < -0.3 is 35.7 Å². The van der Waals surface area contributed by atoms with Gasteiger partial charge in [0, 0.05) is 12.8 Å². The average Bonchev–Trinajstić information content (AvgIpc) is 2.75. The fraction of sp³-hybridized carbons (Fsp3) is 0.320. The number of carboxylic acids is 1. The van der Waals surface area contributed by atoms with Crippen LogP contribution in [0.15, 0.2) is 60.7 Å². The summed E-state index contributed by atoms with van der Waals surface area (Å²) in [6, 6.07) is 12.4. The fourth-order valence-corrected chi connectivity index (χ4v) is 4.26. The standard InChI is InChI=1S/C25H28O8/c26-19-9-5-17(6-10-19)3-1-13-23(31)15-25(33,22(29)30)16-24(32,21(23)28)14-2-4-18-7-11-20(27)12-8-18/h1-12,21,26-28,31-33H,13-16H2,(H,29,30)/b3-1+,4-2+/t21?,23-,24-,25?/m1/s1. The average molecular weight is 456 g/mol. The Morgan fingerprint density at radius 1 is 0.788 bits per heavy atom. The minimum Gasteiger partial charge on any atom is -0.508 e. The van der Waals surface area contributed by atoms with Crippen molar-refractivity contribution in [2.24, 2.45) is 0 Å². The lowest BCUT2D eigenvalue weighted by Crippen LogP contribution is -2.68. The highest BCUT2D eigenvalue weighted by Crippen LogP contribution is 2.45. The molecule has 1 fully saturated rings. The first kappa shape index (κ1) is 24.5. The van der Waals surface area contributed by atoms with E-state index < -0.39 is 41.7 Å². The smallest absolute Gasteiger partial charge is 0.335 e. The molecule has 0 aromatic heterocycles. The number of aliphatic hydroxyl groups excluding tert-OH is 1. The second-order valence-electron chi connectivity index (χ2n) is 8.70. The number of hydrogen-bond donors (Lipinski definition) is 7. The van der Waals surface area contributed by atoms with Gasteiger partial charge >= 0.3 is 5.97 Å². The molecule has 1 aliphatic rings. The maximum Gasteiger partial charge on any atom is 0.335 e. The molecule has 0 spiro atoms. The summed E-state index contributed by atoms with van der Waals surface area (Å²) in [6.45, 7) is 0. The second-order valence-corrected chi connectivity index (χ2v) is 8.70. The molecular weight excluding hydrogens is 428 g/mol. The zero-order valence-corrected chi connectivity index (χ0v) is 17.9. The predicted octanol–water partition coefficient (Wildman–Crippen LogP) is 2.04. The highest BCUT2D eigenvalue weighted by atomic mass is 16.4. The summed E-state index contributed by atoms with van der Waals surface area (Å²) in [5.41, 5.74) is -5.27. The molecular formula is C25H28O8. The lowest BCUT2D eigenvalue weighted by molar-refractivity contribution is -0.246. The maximum atomic E-state index is 11.8. The molecule has 1 aliphatic carbocycles. The van der Waals surface area contributed by atoms with Crippen LogP contribution < -0.4 is 0 Å². The Bertz CT molecular complexity index is 954. The van der Waals surface area contributed by atoms with E-state index >= 15 is 0 Å². The number of benzene rings is 2. The number of phenols is 2. The number of rotatable bonds is 7. The van der Waals surface area contributed by atoms with Gasteiger partial charge in [0.2, 0.25) is 0 Å². The van der Waals surface area contributed by atoms with E-state index in [4.69, 9.17) is 0 Å². The third kappa shape index (κ3) is 5.61. The molecule has 2 atom stereocenters. The minimum atomic E-state index is -2.44. The largest absolute Gasteiger partial charge is 0.508 e. The molecule has 2 aromatic rings. The quantitative estimate of drug-likeness (QED) is 0.333. The normalized spacial score (nSPS) is 30.1. The number of aliphatic carboxylic acids is 1. The Morgan fingerprint density at radius 3 is 1.48 bits per heavy atom. The topological polar surface area (TPSA) is 159 Å². The molecule has 8 nitrogen and oxygen atoms in total. The van der Waals surface area contributed by atoms with Crippen LogP contribution in [0.4, 0.5) is 0 Å². The van der Waals surface area contributed by atoms with Crippen molar-refractivity contribution in [3.8, 4) is 11.5 Å². The SMILES string of the molecule is O=C(O)C1(O)C[C@](O)(C/C=C/c2ccc(O)cc2)C(O)[C@@](O)(C/C=C/c2ccc(O)cc2)C1. The van der Waals surface area contributed by atoms with Crippen molar-refractivity contribution < 1.29 is 40.5 Å². The van der Waals surface area contributed by atoms with Gasteiger partial charge in [-0.3, -0.25) is 0 Å². The van der Waals surface area contributed by atoms with E-state index in [1.165, 1.54) is 36.4 Å². The monoisotopic (exact) mass is 456 g/mol. The van der Waals surface area contributed by atoms with Gasteiger partial charge in [-0.15, -0.1) is 0 Å². The van der Waals surface area contributed by atoms with Gasteiger partial charge in [0.15, 0.2) is 5.60 Å². The van der Waals surface area contributed by atoms with E-state index in [1.54, 1.807) is 36.4 Å². The Morgan fingerprint density at radius 2 is 1.15 bits per heavy atom. The van der Waals surface area contributed by atoms with Gasteiger partial charge in [0.05, 0.1) is 0 Å². The van der Waals surface area contributed by atoms with Crippen molar-refractivity contribution in [3.63, 3.8) is 0 Å². The number of hydrogen-bond acceptors (Lipinski definition) is 7. The summed E-state index contributed by atoms with van der Waals surface area (Å²) in [6.07, 6.45) is 2.72. The van der Waals surface area contributed by atoms with Gasteiger partial charge in [0.1, 0.15) is 28.8 Å². The Kier molecular flexibility index (Phi) is 6.94. The molecule has 2 aromatic carbocycles. The highest BCUT2D eigenvalue weighted by molar-refractivity contribution is 5.78. The van der Waals surface area contributed by atoms with E-state index in [9.17, 15) is 40.5 Å². The van der Waals surface area contributed by atoms with Gasteiger partial charge in [0.25, 0.3) is 0 Å². The summed E-state index contributed by atoms with van der Waals surface area (Å²) in [5, 5.41) is 72.2. The van der Waals surface area contributed by atoms with Crippen LogP contribution >= 0.6 is 0 Å². The van der Waals surface area contributed by atoms with E-state index in [0.29, 0.717) is 11.1 Å².